The molecule has 0 aromatic heterocycles. The molecule has 0 bridgehead atoms. The van der Waals surface area contributed by atoms with Gasteiger partial charge in [0.25, 0.3) is 5.91 Å². The number of carbonyl (C=O) groups is 5. The average molecular weight is 834 g/mol. The van der Waals surface area contributed by atoms with Crippen LogP contribution in [0.5, 0.6) is 5.75 Å². The second-order valence-electron chi connectivity index (χ2n) is 14.5. The number of ether oxygens (including phenoxy) is 3. The number of likely N-dealkylation sites (N-methyl/N-ethyl adjacent to an activating group) is 1. The average Bonchev–Trinajstić information content (AvgIpc) is 3.53. The van der Waals surface area contributed by atoms with Crippen molar-refractivity contribution in [3.05, 3.63) is 125 Å². The van der Waals surface area contributed by atoms with Gasteiger partial charge in [0.05, 0.1) is 50.3 Å². The summed E-state index contributed by atoms with van der Waals surface area (Å²) in [5, 5.41) is 10.0. The van der Waals surface area contributed by atoms with E-state index in [9.17, 15) is 24.0 Å². The normalized spacial score (nSPS) is 14.8. The Bertz CT molecular complexity index is 2380. The van der Waals surface area contributed by atoms with Crippen molar-refractivity contribution in [3.8, 4) is 16.9 Å². The topological polar surface area (TPSA) is 156 Å². The predicted octanol–water partition coefficient (Wildman–Crippen LogP) is 6.35. The zero-order chi connectivity index (χ0) is 41.6. The van der Waals surface area contributed by atoms with Gasteiger partial charge in [-0.25, -0.2) is 9.59 Å². The van der Waals surface area contributed by atoms with E-state index in [2.05, 4.69) is 40.2 Å². The van der Waals surface area contributed by atoms with E-state index in [-0.39, 0.29) is 68.9 Å². The number of alkyl carbamates (subject to hydrolysis) is 1. The van der Waals surface area contributed by atoms with Gasteiger partial charge in [0.1, 0.15) is 18.4 Å². The number of hydrogen-bond donors (Lipinski definition) is 3. The van der Waals surface area contributed by atoms with Crippen LogP contribution in [0.2, 0.25) is 0 Å². The van der Waals surface area contributed by atoms with E-state index in [1.54, 1.807) is 63.5 Å². The van der Waals surface area contributed by atoms with E-state index in [0.29, 0.717) is 28.1 Å². The molecule has 0 unspecified atom stereocenters. The van der Waals surface area contributed by atoms with Crippen LogP contribution in [0.3, 0.4) is 0 Å². The molecular formula is C46H48ClN5O8. The van der Waals surface area contributed by atoms with E-state index in [4.69, 9.17) is 14.2 Å². The minimum Gasteiger partial charge on any atom is -0.497 e. The van der Waals surface area contributed by atoms with Crippen LogP contribution in [0, 0.1) is 0 Å². The Kier molecular flexibility index (Phi) is 13.7. The van der Waals surface area contributed by atoms with Crippen LogP contribution in [0.1, 0.15) is 52.7 Å². The van der Waals surface area contributed by atoms with Gasteiger partial charge in [-0.05, 0) is 89.3 Å². The van der Waals surface area contributed by atoms with Crippen molar-refractivity contribution in [2.45, 2.75) is 44.3 Å². The minimum atomic E-state index is -1.15. The zero-order valence-electron chi connectivity index (χ0n) is 33.9. The number of halogens is 1. The molecule has 2 atom stereocenters. The smallest absolute Gasteiger partial charge is 0.407 e. The van der Waals surface area contributed by atoms with Crippen LogP contribution in [0.25, 0.3) is 21.9 Å². The van der Waals surface area contributed by atoms with Crippen LogP contribution in [0.4, 0.5) is 16.2 Å². The summed E-state index contributed by atoms with van der Waals surface area (Å²) in [6.07, 6.45) is -0.271. The van der Waals surface area contributed by atoms with Gasteiger partial charge in [0.2, 0.25) is 11.8 Å². The lowest BCUT2D eigenvalue weighted by molar-refractivity contribution is -0.128. The molecule has 2 aliphatic rings. The fraction of sp³-hybridized carbons (Fsp3) is 0.283. The summed E-state index contributed by atoms with van der Waals surface area (Å²) in [4.78, 5) is 71.2. The van der Waals surface area contributed by atoms with Gasteiger partial charge in [0.15, 0.2) is 0 Å². The Hall–Kier alpha value is -6.44. The summed E-state index contributed by atoms with van der Waals surface area (Å²) in [5.41, 5.74) is 6.15. The molecule has 0 saturated heterocycles. The third-order valence-corrected chi connectivity index (χ3v) is 11.1. The number of rotatable bonds is 13. The van der Waals surface area contributed by atoms with Gasteiger partial charge in [-0.3, -0.25) is 14.4 Å². The first-order valence-electron chi connectivity index (χ1n) is 19.6. The summed E-state index contributed by atoms with van der Waals surface area (Å²) in [7, 11) is 4.49. The highest BCUT2D eigenvalue weighted by Crippen LogP contribution is 2.44. The number of amides is 4. The van der Waals surface area contributed by atoms with Crippen LogP contribution in [-0.4, -0.2) is 82.8 Å². The first-order chi connectivity index (χ1) is 28.6. The van der Waals surface area contributed by atoms with Crippen LogP contribution in [0.15, 0.2) is 103 Å². The van der Waals surface area contributed by atoms with Crippen molar-refractivity contribution in [3.63, 3.8) is 0 Å². The number of para-hydroxylation sites is 2. The molecule has 3 N–H and O–H groups in total. The maximum Gasteiger partial charge on any atom is 0.407 e. The SMILES string of the molecule is CN[C@@H](C)C(=O)N[C@H]1CN(C(=O)CCCNC(=O)OCC2c3ccccc3-c3ccccc32)c2ccccc2N(Cc2c(C(=O)OC)ccc3cc(OC)ccc23)C1=O.Cl. The lowest BCUT2D eigenvalue weighted by Crippen LogP contribution is -2.55. The fourth-order valence-electron chi connectivity index (χ4n) is 7.86. The molecule has 13 nitrogen and oxygen atoms in total. The molecule has 0 fully saturated rings. The minimum absolute atomic E-state index is 0. The van der Waals surface area contributed by atoms with E-state index in [1.807, 2.05) is 36.4 Å². The molecule has 14 heteroatoms. The number of nitrogens with one attached hydrogen (secondary N) is 3. The lowest BCUT2D eigenvalue weighted by atomic mass is 9.97. The molecule has 1 aliphatic heterocycles. The zero-order valence-corrected chi connectivity index (χ0v) is 34.7. The van der Waals surface area contributed by atoms with Gasteiger partial charge in [-0.2, -0.15) is 0 Å². The fourth-order valence-corrected chi connectivity index (χ4v) is 7.86. The molecule has 0 spiro atoms. The van der Waals surface area contributed by atoms with Gasteiger partial charge in [0, 0.05) is 18.9 Å². The van der Waals surface area contributed by atoms with Gasteiger partial charge >= 0.3 is 12.1 Å². The van der Waals surface area contributed by atoms with Crippen LogP contribution < -0.4 is 30.5 Å². The second kappa shape index (κ2) is 19.1. The van der Waals surface area contributed by atoms with Crippen molar-refractivity contribution >= 4 is 64.3 Å². The standard InChI is InChI=1S/C46H47N5O8.ClH/c1-28(47-2)43(53)49-39-26-50(42(52)18-11-23-48-46(56)59-27-38-34-14-7-5-12-32(34)33-13-6-8-15-35(33)38)40-16-9-10-17-41(40)51(44(39)54)25-37-31-22-20-30(57-3)24-29(31)19-21-36(37)45(55)58-4;/h5-10,12-17,19-22,24,28,38-39,47H,11,18,23,25-27H2,1-4H3,(H,48,56)(H,49,53);1H/t28-,39-;/m0./s1. The maximum absolute atomic E-state index is 14.7. The number of anilines is 2. The summed E-state index contributed by atoms with van der Waals surface area (Å²) in [5.74, 6) is -1.25. The molecular weight excluding hydrogens is 786 g/mol. The molecule has 0 radical (unpaired) electrons. The molecule has 0 saturated carbocycles. The quantitative estimate of drug-likeness (QED) is 0.0910. The Morgan fingerprint density at radius 3 is 2.18 bits per heavy atom. The van der Waals surface area contributed by atoms with E-state index < -0.39 is 36.0 Å². The Morgan fingerprint density at radius 1 is 0.850 bits per heavy atom. The number of benzene rings is 5. The lowest BCUT2D eigenvalue weighted by Gasteiger charge is -2.27. The second-order valence-corrected chi connectivity index (χ2v) is 14.5. The number of hydrogen-bond acceptors (Lipinski definition) is 9. The molecule has 1 heterocycles. The number of methoxy groups -OCH3 is 2. The first-order valence-corrected chi connectivity index (χ1v) is 19.6. The molecule has 4 amide bonds. The Morgan fingerprint density at radius 2 is 1.52 bits per heavy atom. The van der Waals surface area contributed by atoms with Crippen LogP contribution in [-0.2, 0) is 30.4 Å². The number of carbonyl (C=O) groups excluding carboxylic acids is 5. The summed E-state index contributed by atoms with van der Waals surface area (Å²) < 4.78 is 16.3. The number of fused-ring (bicyclic) bond motifs is 5. The van der Waals surface area contributed by atoms with Crippen molar-refractivity contribution in [2.24, 2.45) is 0 Å². The molecule has 7 rings (SSSR count). The van der Waals surface area contributed by atoms with Crippen LogP contribution >= 0.6 is 12.4 Å². The van der Waals surface area contributed by atoms with Crippen molar-refractivity contribution < 1.29 is 38.2 Å². The highest BCUT2D eigenvalue weighted by atomic mass is 35.5. The van der Waals surface area contributed by atoms with Crippen molar-refractivity contribution in [1.82, 2.24) is 16.0 Å². The molecule has 1 aliphatic carbocycles. The monoisotopic (exact) mass is 833 g/mol. The van der Waals surface area contributed by atoms with E-state index in [0.717, 1.165) is 27.6 Å². The highest BCUT2D eigenvalue weighted by Gasteiger charge is 2.38. The van der Waals surface area contributed by atoms with Gasteiger partial charge < -0.3 is 40.0 Å². The van der Waals surface area contributed by atoms with E-state index >= 15 is 0 Å². The first kappa shape index (κ1) is 43.1. The molecule has 60 heavy (non-hydrogen) atoms. The molecule has 5 aromatic rings. The molecule has 5 aromatic carbocycles. The third-order valence-electron chi connectivity index (χ3n) is 11.1. The summed E-state index contributed by atoms with van der Waals surface area (Å²) in [6.45, 7) is 1.78. The van der Waals surface area contributed by atoms with Crippen molar-refractivity contribution in [2.75, 3.05) is 50.8 Å². The highest BCUT2D eigenvalue weighted by molar-refractivity contribution is 6.09. The van der Waals surface area contributed by atoms with Gasteiger partial charge in [-0.1, -0.05) is 72.8 Å². The largest absolute Gasteiger partial charge is 0.497 e. The molecule has 312 valence electrons. The summed E-state index contributed by atoms with van der Waals surface area (Å²) in [6, 6.07) is 30.3. The predicted molar refractivity (Wildman–Crippen MR) is 232 cm³/mol. The Balaban J connectivity index is 0.00000604. The number of esters is 1. The summed E-state index contributed by atoms with van der Waals surface area (Å²) >= 11 is 0. The number of nitrogens with zero attached hydrogens (tertiary/aromatic N) is 2. The Labute approximate surface area is 354 Å². The van der Waals surface area contributed by atoms with E-state index in [1.165, 1.54) is 16.9 Å². The maximum atomic E-state index is 14.7. The van der Waals surface area contributed by atoms with Crippen molar-refractivity contribution in [1.29, 1.82) is 0 Å². The van der Waals surface area contributed by atoms with Gasteiger partial charge in [-0.15, -0.1) is 12.4 Å². The third kappa shape index (κ3) is 8.77.